The van der Waals surface area contributed by atoms with Gasteiger partial charge in [-0.15, -0.1) is 0 Å². The summed E-state index contributed by atoms with van der Waals surface area (Å²) in [5.74, 6) is 0. The number of nitrogens with one attached hydrogen (secondary N) is 2. The predicted octanol–water partition coefficient (Wildman–Crippen LogP) is 2.21. The topological polar surface area (TPSA) is 48.8 Å². The van der Waals surface area contributed by atoms with Crippen molar-refractivity contribution in [2.24, 2.45) is 0 Å². The van der Waals surface area contributed by atoms with E-state index in [4.69, 9.17) is 5.41 Å². The van der Waals surface area contributed by atoms with Crippen LogP contribution in [0.3, 0.4) is 0 Å². The number of allylic oxidation sites excluding steroid dienone is 1. The average molecular weight is 254 g/mol. The summed E-state index contributed by atoms with van der Waals surface area (Å²) in [5, 5.41) is 10.8. The third kappa shape index (κ3) is 2.42. The Kier molecular flexibility index (Phi) is 3.83. The summed E-state index contributed by atoms with van der Waals surface area (Å²) in [6.45, 7) is 1.89. The number of rotatable bonds is 3. The molecule has 14 heavy (non-hydrogen) atoms. The zero-order valence-corrected chi connectivity index (χ0v) is 9.72. The number of aryl methyl sites for hydroxylation is 1. The van der Waals surface area contributed by atoms with Crippen LogP contribution < -0.4 is 5.32 Å². The van der Waals surface area contributed by atoms with E-state index in [1.807, 2.05) is 19.1 Å². The van der Waals surface area contributed by atoms with Crippen molar-refractivity contribution in [2.75, 3.05) is 7.05 Å². The second kappa shape index (κ2) is 4.91. The van der Waals surface area contributed by atoms with Gasteiger partial charge in [0.1, 0.15) is 0 Å². The minimum atomic E-state index is 0.435. The molecule has 74 valence electrons. The number of nitrogens with zero attached hydrogens (tertiary/aromatic N) is 1. The van der Waals surface area contributed by atoms with Gasteiger partial charge in [0.2, 0.25) is 0 Å². The summed E-state index contributed by atoms with van der Waals surface area (Å²) in [6, 6.07) is 3.71. The second-order valence-electron chi connectivity index (χ2n) is 2.79. The molecule has 0 spiro atoms. The van der Waals surface area contributed by atoms with Gasteiger partial charge in [0.25, 0.3) is 0 Å². The highest BCUT2D eigenvalue weighted by Gasteiger charge is 2.07. The Bertz CT molecular complexity index is 371. The molecule has 1 heterocycles. The van der Waals surface area contributed by atoms with Crippen LogP contribution in [-0.4, -0.2) is 17.7 Å². The van der Waals surface area contributed by atoms with Gasteiger partial charge in [-0.2, -0.15) is 0 Å². The lowest BCUT2D eigenvalue weighted by Gasteiger charge is -2.05. The molecule has 1 aromatic heterocycles. The lowest BCUT2D eigenvalue weighted by Crippen LogP contribution is -2.05. The van der Waals surface area contributed by atoms with E-state index in [2.05, 4.69) is 26.2 Å². The second-order valence-corrected chi connectivity index (χ2v) is 3.65. The van der Waals surface area contributed by atoms with Crippen molar-refractivity contribution >= 4 is 21.6 Å². The summed E-state index contributed by atoms with van der Waals surface area (Å²) in [6.07, 6.45) is 3.45. The molecule has 3 nitrogen and oxygen atoms in total. The molecule has 0 amide bonds. The average Bonchev–Trinajstić information content (AvgIpc) is 2.18. The van der Waals surface area contributed by atoms with Crippen LogP contribution in [0.1, 0.15) is 11.3 Å². The number of aromatic nitrogens is 1. The maximum absolute atomic E-state index is 7.88. The minimum absolute atomic E-state index is 0.435. The molecule has 0 saturated carbocycles. The number of hydrogen-bond acceptors (Lipinski definition) is 3. The maximum Gasteiger partial charge on any atom is 0.0787 e. The van der Waals surface area contributed by atoms with Crippen molar-refractivity contribution in [3.63, 3.8) is 0 Å². The van der Waals surface area contributed by atoms with Gasteiger partial charge in [0, 0.05) is 30.7 Å². The molecule has 0 saturated heterocycles. The van der Waals surface area contributed by atoms with Gasteiger partial charge in [-0.05, 0) is 35.0 Å². The van der Waals surface area contributed by atoms with Crippen LogP contribution >= 0.6 is 15.9 Å². The first kappa shape index (κ1) is 10.9. The van der Waals surface area contributed by atoms with Crippen LogP contribution in [0.4, 0.5) is 0 Å². The fraction of sp³-hybridized carbons (Fsp3) is 0.200. The van der Waals surface area contributed by atoms with Crippen molar-refractivity contribution in [3.05, 3.63) is 40.3 Å². The van der Waals surface area contributed by atoms with Crippen molar-refractivity contribution < 1.29 is 0 Å². The zero-order chi connectivity index (χ0) is 10.6. The third-order valence-electron chi connectivity index (χ3n) is 1.79. The molecule has 0 radical (unpaired) electrons. The van der Waals surface area contributed by atoms with Crippen LogP contribution in [0.15, 0.2) is 29.0 Å². The van der Waals surface area contributed by atoms with Crippen LogP contribution in [0.5, 0.6) is 0 Å². The van der Waals surface area contributed by atoms with Gasteiger partial charge < -0.3 is 5.32 Å². The van der Waals surface area contributed by atoms with Crippen molar-refractivity contribution in [2.45, 2.75) is 6.92 Å². The summed E-state index contributed by atoms with van der Waals surface area (Å²) in [5.41, 5.74) is 2.13. The lowest BCUT2D eigenvalue weighted by molar-refractivity contribution is 1.10. The van der Waals surface area contributed by atoms with Gasteiger partial charge in [-0.3, -0.25) is 10.4 Å². The predicted molar refractivity (Wildman–Crippen MR) is 61.9 cm³/mol. The van der Waals surface area contributed by atoms with E-state index in [1.54, 1.807) is 19.4 Å². The molecular weight excluding hydrogens is 242 g/mol. The van der Waals surface area contributed by atoms with Gasteiger partial charge in [-0.1, -0.05) is 0 Å². The Morgan fingerprint density at radius 2 is 2.36 bits per heavy atom. The molecule has 0 aromatic carbocycles. The monoisotopic (exact) mass is 253 g/mol. The molecule has 0 unspecified atom stereocenters. The van der Waals surface area contributed by atoms with E-state index in [1.165, 1.54) is 0 Å². The van der Waals surface area contributed by atoms with Crippen LogP contribution in [0, 0.1) is 12.3 Å². The molecule has 0 aliphatic carbocycles. The molecule has 0 atom stereocenters. The molecule has 4 heteroatoms. The first-order valence-electron chi connectivity index (χ1n) is 4.20. The molecule has 0 fully saturated rings. The van der Waals surface area contributed by atoms with Crippen molar-refractivity contribution in [1.29, 1.82) is 5.41 Å². The molecule has 0 aliphatic rings. The largest absolute Gasteiger partial charge is 0.393 e. The van der Waals surface area contributed by atoms with E-state index in [0.717, 1.165) is 15.7 Å². The third-order valence-corrected chi connectivity index (χ3v) is 2.41. The number of pyridine rings is 1. The number of hydrogen-bond donors (Lipinski definition) is 2. The Morgan fingerprint density at radius 3 is 2.93 bits per heavy atom. The first-order valence-corrected chi connectivity index (χ1v) is 5.00. The zero-order valence-electron chi connectivity index (χ0n) is 8.13. The quantitative estimate of drug-likeness (QED) is 0.812. The van der Waals surface area contributed by atoms with E-state index in [-0.39, 0.29) is 0 Å². The van der Waals surface area contributed by atoms with E-state index < -0.39 is 0 Å². The Hall–Kier alpha value is -1.16. The summed E-state index contributed by atoms with van der Waals surface area (Å²) in [4.78, 5) is 4.13. The normalized spacial score (nSPS) is 11.2. The molecule has 2 N–H and O–H groups in total. The van der Waals surface area contributed by atoms with Crippen LogP contribution in [-0.2, 0) is 0 Å². The summed E-state index contributed by atoms with van der Waals surface area (Å²) >= 11 is 3.32. The smallest absolute Gasteiger partial charge is 0.0787 e. The highest BCUT2D eigenvalue weighted by molar-refractivity contribution is 9.12. The van der Waals surface area contributed by atoms with Gasteiger partial charge in [0.15, 0.2) is 0 Å². The van der Waals surface area contributed by atoms with E-state index >= 15 is 0 Å². The number of halogens is 1. The van der Waals surface area contributed by atoms with E-state index in [9.17, 15) is 0 Å². The Balaban J connectivity index is 3.01. The minimum Gasteiger partial charge on any atom is -0.393 e. The Morgan fingerprint density at radius 1 is 1.64 bits per heavy atom. The van der Waals surface area contributed by atoms with Gasteiger partial charge in [-0.25, -0.2) is 0 Å². The maximum atomic E-state index is 7.88. The Labute approximate surface area is 91.9 Å². The van der Waals surface area contributed by atoms with Gasteiger partial charge in [0.05, 0.1) is 10.2 Å². The molecule has 0 bridgehead atoms. The van der Waals surface area contributed by atoms with Gasteiger partial charge >= 0.3 is 0 Å². The molecule has 1 aromatic rings. The summed E-state index contributed by atoms with van der Waals surface area (Å²) in [7, 11) is 1.80. The molecule has 0 aliphatic heterocycles. The molecular formula is C10H12BrN3. The fourth-order valence-corrected chi connectivity index (χ4v) is 1.52. The highest BCUT2D eigenvalue weighted by atomic mass is 79.9. The standard InChI is InChI=1S/C10H12BrN3/c1-7-8(4-3-5-14-7)10(12)9(11)6-13-2/h3-6,12-13H,1-2H3/b9-6+,12-10?. The van der Waals surface area contributed by atoms with Crippen LogP contribution in [0.2, 0.25) is 0 Å². The fourth-order valence-electron chi connectivity index (χ4n) is 1.08. The summed E-state index contributed by atoms with van der Waals surface area (Å²) < 4.78 is 0.719. The highest BCUT2D eigenvalue weighted by Crippen LogP contribution is 2.14. The first-order chi connectivity index (χ1) is 6.66. The lowest BCUT2D eigenvalue weighted by atomic mass is 10.1. The van der Waals surface area contributed by atoms with E-state index in [0.29, 0.717) is 5.71 Å². The van der Waals surface area contributed by atoms with Crippen LogP contribution in [0.25, 0.3) is 0 Å². The van der Waals surface area contributed by atoms with Crippen molar-refractivity contribution in [3.8, 4) is 0 Å². The van der Waals surface area contributed by atoms with Crippen molar-refractivity contribution in [1.82, 2.24) is 10.3 Å². The molecule has 1 rings (SSSR count). The SMILES string of the molecule is CN/C=C(/Br)C(=N)c1cccnc1C.